The Balaban J connectivity index is 3.03. The van der Waals surface area contributed by atoms with Crippen LogP contribution in [0.2, 0.25) is 0 Å². The Labute approximate surface area is 140 Å². The molecule has 0 spiro atoms. The minimum Gasteiger partial charge on any atom is -0.354 e. The molecule has 0 aliphatic heterocycles. The number of anilines is 1. The molecule has 0 bridgehead atoms. The van der Waals surface area contributed by atoms with Crippen LogP contribution >= 0.6 is 0 Å². The zero-order chi connectivity index (χ0) is 17.6. The Kier molecular flexibility index (Phi) is 7.06. The Bertz CT molecular complexity index is 609. The summed E-state index contributed by atoms with van der Waals surface area (Å²) in [5.74, 6) is 0.234. The van der Waals surface area contributed by atoms with Gasteiger partial charge in [-0.1, -0.05) is 38.5 Å². The predicted molar refractivity (Wildman–Crippen MR) is 95.0 cm³/mol. The van der Waals surface area contributed by atoms with Crippen LogP contribution in [0.4, 0.5) is 5.69 Å². The largest absolute Gasteiger partial charge is 0.354 e. The summed E-state index contributed by atoms with van der Waals surface area (Å²) in [5, 5.41) is 2.85. The topological polar surface area (TPSA) is 66.5 Å². The van der Waals surface area contributed by atoms with Gasteiger partial charge in [0.05, 0.1) is 11.9 Å². The molecule has 6 heteroatoms. The lowest BCUT2D eigenvalue weighted by Crippen LogP contribution is -2.49. The molecular formula is C17H28N2O3S. The van der Waals surface area contributed by atoms with E-state index in [0.29, 0.717) is 24.6 Å². The molecule has 0 fully saturated rings. The Morgan fingerprint density at radius 1 is 1.22 bits per heavy atom. The molecule has 1 aromatic rings. The third-order valence-electron chi connectivity index (χ3n) is 3.64. The molecule has 0 aliphatic carbocycles. The summed E-state index contributed by atoms with van der Waals surface area (Å²) in [5.41, 5.74) is 1.56. The SMILES string of the molecule is CC[C@@H](C(=O)NCCC(C)C)N(c1ccc(C)cc1)S(C)(=O)=O. The number of benzene rings is 1. The molecular weight excluding hydrogens is 312 g/mol. The lowest BCUT2D eigenvalue weighted by molar-refractivity contribution is -0.122. The average Bonchev–Trinajstić information content (AvgIpc) is 2.44. The van der Waals surface area contributed by atoms with Crippen molar-refractivity contribution in [3.8, 4) is 0 Å². The van der Waals surface area contributed by atoms with Crippen molar-refractivity contribution in [1.82, 2.24) is 5.32 Å². The summed E-state index contributed by atoms with van der Waals surface area (Å²) in [7, 11) is -3.56. The minimum atomic E-state index is -3.56. The highest BCUT2D eigenvalue weighted by Gasteiger charge is 2.31. The molecule has 23 heavy (non-hydrogen) atoms. The second-order valence-electron chi connectivity index (χ2n) is 6.29. The molecule has 5 nitrogen and oxygen atoms in total. The predicted octanol–water partition coefficient (Wildman–Crippen LogP) is 2.70. The van der Waals surface area contributed by atoms with E-state index >= 15 is 0 Å². The van der Waals surface area contributed by atoms with Crippen molar-refractivity contribution in [1.29, 1.82) is 0 Å². The van der Waals surface area contributed by atoms with Gasteiger partial charge in [0.25, 0.3) is 0 Å². The standard InChI is InChI=1S/C17H28N2O3S/c1-6-16(17(20)18-12-11-13(2)3)19(23(5,21)22)15-9-7-14(4)8-10-15/h7-10,13,16H,6,11-12H2,1-5H3,(H,18,20)/t16-/m0/s1. The molecule has 1 atom stereocenters. The van der Waals surface area contributed by atoms with Gasteiger partial charge < -0.3 is 5.32 Å². The first-order chi connectivity index (χ1) is 10.7. The summed E-state index contributed by atoms with van der Waals surface area (Å²) in [6.45, 7) is 8.47. The third kappa shape index (κ3) is 5.86. The third-order valence-corrected chi connectivity index (χ3v) is 4.82. The Morgan fingerprint density at radius 2 is 1.78 bits per heavy atom. The van der Waals surface area contributed by atoms with Gasteiger partial charge in [-0.15, -0.1) is 0 Å². The van der Waals surface area contributed by atoms with Crippen molar-refractivity contribution in [2.75, 3.05) is 17.1 Å². The molecule has 1 amide bonds. The number of amides is 1. The highest BCUT2D eigenvalue weighted by Crippen LogP contribution is 2.23. The number of sulfonamides is 1. The second-order valence-corrected chi connectivity index (χ2v) is 8.15. The Hall–Kier alpha value is -1.56. The van der Waals surface area contributed by atoms with E-state index in [1.54, 1.807) is 12.1 Å². The van der Waals surface area contributed by atoms with E-state index in [0.717, 1.165) is 18.2 Å². The van der Waals surface area contributed by atoms with E-state index in [9.17, 15) is 13.2 Å². The lowest BCUT2D eigenvalue weighted by Gasteiger charge is -2.30. The monoisotopic (exact) mass is 340 g/mol. The van der Waals surface area contributed by atoms with Crippen LogP contribution < -0.4 is 9.62 Å². The Morgan fingerprint density at radius 3 is 2.22 bits per heavy atom. The van der Waals surface area contributed by atoms with Gasteiger partial charge in [-0.3, -0.25) is 9.10 Å². The number of hydrogen-bond acceptors (Lipinski definition) is 3. The number of aryl methyl sites for hydroxylation is 1. The van der Waals surface area contributed by atoms with Crippen molar-refractivity contribution in [3.63, 3.8) is 0 Å². The summed E-state index contributed by atoms with van der Waals surface area (Å²) in [6, 6.07) is 6.43. The average molecular weight is 340 g/mol. The number of carbonyl (C=O) groups excluding carboxylic acids is 1. The molecule has 0 heterocycles. The summed E-state index contributed by atoms with van der Waals surface area (Å²) in [6.07, 6.45) is 2.41. The van der Waals surface area contributed by atoms with Gasteiger partial charge in [-0.2, -0.15) is 0 Å². The lowest BCUT2D eigenvalue weighted by atomic mass is 10.1. The number of carbonyl (C=O) groups is 1. The smallest absolute Gasteiger partial charge is 0.243 e. The van der Waals surface area contributed by atoms with Crippen LogP contribution in [-0.2, 0) is 14.8 Å². The number of nitrogens with one attached hydrogen (secondary N) is 1. The van der Waals surface area contributed by atoms with Crippen LogP contribution in [0.3, 0.4) is 0 Å². The molecule has 0 radical (unpaired) electrons. The van der Waals surface area contributed by atoms with E-state index in [1.807, 2.05) is 26.0 Å². The van der Waals surface area contributed by atoms with Crippen LogP contribution in [0.5, 0.6) is 0 Å². The molecule has 0 saturated heterocycles. The van der Waals surface area contributed by atoms with Crippen LogP contribution in [-0.4, -0.2) is 33.2 Å². The van der Waals surface area contributed by atoms with Gasteiger partial charge in [-0.25, -0.2) is 8.42 Å². The maximum Gasteiger partial charge on any atom is 0.243 e. The summed E-state index contributed by atoms with van der Waals surface area (Å²) in [4.78, 5) is 12.5. The molecule has 0 aromatic heterocycles. The second kappa shape index (κ2) is 8.34. The highest BCUT2D eigenvalue weighted by molar-refractivity contribution is 7.92. The van der Waals surface area contributed by atoms with Crippen molar-refractivity contribution >= 4 is 21.6 Å². The molecule has 0 saturated carbocycles. The molecule has 130 valence electrons. The molecule has 0 aliphatic rings. The van der Waals surface area contributed by atoms with Crippen molar-refractivity contribution in [2.45, 2.75) is 46.6 Å². The zero-order valence-electron chi connectivity index (χ0n) is 14.7. The maximum atomic E-state index is 12.5. The first kappa shape index (κ1) is 19.5. The van der Waals surface area contributed by atoms with Crippen LogP contribution in [0.1, 0.15) is 39.2 Å². The van der Waals surface area contributed by atoms with Gasteiger partial charge >= 0.3 is 0 Å². The summed E-state index contributed by atoms with van der Waals surface area (Å²) >= 11 is 0. The van der Waals surface area contributed by atoms with Crippen LogP contribution in [0.25, 0.3) is 0 Å². The number of hydrogen-bond donors (Lipinski definition) is 1. The van der Waals surface area contributed by atoms with E-state index in [4.69, 9.17) is 0 Å². The number of nitrogens with zero attached hydrogens (tertiary/aromatic N) is 1. The van der Waals surface area contributed by atoms with E-state index < -0.39 is 16.1 Å². The fraction of sp³-hybridized carbons (Fsp3) is 0.588. The van der Waals surface area contributed by atoms with Crippen molar-refractivity contribution in [2.24, 2.45) is 5.92 Å². The minimum absolute atomic E-state index is 0.251. The molecule has 0 unspecified atom stereocenters. The van der Waals surface area contributed by atoms with Gasteiger partial charge in [0.2, 0.25) is 15.9 Å². The van der Waals surface area contributed by atoms with Gasteiger partial charge in [0.15, 0.2) is 0 Å². The highest BCUT2D eigenvalue weighted by atomic mass is 32.2. The molecule has 1 N–H and O–H groups in total. The normalized spacial score (nSPS) is 13.0. The van der Waals surface area contributed by atoms with E-state index in [-0.39, 0.29) is 5.91 Å². The number of rotatable bonds is 8. The van der Waals surface area contributed by atoms with Crippen LogP contribution in [0, 0.1) is 12.8 Å². The quantitative estimate of drug-likeness (QED) is 0.791. The maximum absolute atomic E-state index is 12.5. The van der Waals surface area contributed by atoms with Crippen molar-refractivity contribution < 1.29 is 13.2 Å². The first-order valence-corrected chi connectivity index (χ1v) is 9.85. The van der Waals surface area contributed by atoms with Crippen LogP contribution in [0.15, 0.2) is 24.3 Å². The fourth-order valence-corrected chi connectivity index (χ4v) is 3.57. The molecule has 1 rings (SSSR count). The van der Waals surface area contributed by atoms with E-state index in [1.165, 1.54) is 4.31 Å². The zero-order valence-corrected chi connectivity index (χ0v) is 15.5. The van der Waals surface area contributed by atoms with Gasteiger partial charge in [-0.05, 0) is 37.8 Å². The van der Waals surface area contributed by atoms with Gasteiger partial charge in [0.1, 0.15) is 6.04 Å². The van der Waals surface area contributed by atoms with Gasteiger partial charge in [0, 0.05) is 6.54 Å². The first-order valence-electron chi connectivity index (χ1n) is 8.00. The van der Waals surface area contributed by atoms with E-state index in [2.05, 4.69) is 19.2 Å². The van der Waals surface area contributed by atoms with Crippen molar-refractivity contribution in [3.05, 3.63) is 29.8 Å². The summed E-state index contributed by atoms with van der Waals surface area (Å²) < 4.78 is 25.7. The molecule has 1 aromatic carbocycles. The fourth-order valence-electron chi connectivity index (χ4n) is 2.35.